The number of benzene rings is 2. The molecule has 6 heteroatoms. The monoisotopic (exact) mass is 423 g/mol. The second-order valence-electron chi connectivity index (χ2n) is 7.97. The Morgan fingerprint density at radius 1 is 1.00 bits per heavy atom. The van der Waals surface area contributed by atoms with Crippen molar-refractivity contribution in [1.82, 2.24) is 9.97 Å². The third kappa shape index (κ3) is 3.95. The van der Waals surface area contributed by atoms with Crippen LogP contribution in [0.25, 0.3) is 10.9 Å². The van der Waals surface area contributed by atoms with Crippen LogP contribution in [0.3, 0.4) is 0 Å². The molecular formula is C26H21N3O3. The molecule has 2 aromatic carbocycles. The smallest absolute Gasteiger partial charge is 0.230 e. The van der Waals surface area contributed by atoms with Gasteiger partial charge in [0, 0.05) is 36.2 Å². The fourth-order valence-corrected chi connectivity index (χ4v) is 4.07. The molecule has 158 valence electrons. The Morgan fingerprint density at radius 2 is 1.91 bits per heavy atom. The summed E-state index contributed by atoms with van der Waals surface area (Å²) in [6.45, 7) is 2.02. The number of pyridine rings is 2. The minimum absolute atomic E-state index is 0.0995. The molecule has 1 aliphatic heterocycles. The van der Waals surface area contributed by atoms with Crippen molar-refractivity contribution in [3.8, 4) is 11.5 Å². The van der Waals surface area contributed by atoms with E-state index in [1.807, 2.05) is 55.5 Å². The lowest BCUT2D eigenvalue weighted by atomic mass is 9.99. The van der Waals surface area contributed by atoms with Crippen LogP contribution in [-0.2, 0) is 28.9 Å². The predicted octanol–water partition coefficient (Wildman–Crippen LogP) is 4.58. The lowest BCUT2D eigenvalue weighted by Crippen LogP contribution is -2.07. The number of rotatable bonds is 6. The van der Waals surface area contributed by atoms with Crippen molar-refractivity contribution in [2.45, 2.75) is 26.2 Å². The highest BCUT2D eigenvalue weighted by atomic mass is 16.5. The molecule has 0 saturated carbocycles. The second-order valence-corrected chi connectivity index (χ2v) is 7.97. The molecule has 32 heavy (non-hydrogen) atoms. The lowest BCUT2D eigenvalue weighted by molar-refractivity contribution is -0.118. The number of nitrogens with zero attached hydrogens (tertiary/aromatic N) is 2. The third-order valence-electron chi connectivity index (χ3n) is 5.51. The Balaban J connectivity index is 1.43. The van der Waals surface area contributed by atoms with E-state index in [4.69, 9.17) is 4.74 Å². The average Bonchev–Trinajstić information content (AvgIpc) is 3.16. The molecule has 3 heterocycles. The van der Waals surface area contributed by atoms with E-state index in [1.54, 1.807) is 18.5 Å². The fourth-order valence-electron chi connectivity index (χ4n) is 4.07. The maximum Gasteiger partial charge on any atom is 0.230 e. The zero-order valence-corrected chi connectivity index (χ0v) is 17.6. The Hall–Kier alpha value is -4.06. The van der Waals surface area contributed by atoms with Gasteiger partial charge in [0.1, 0.15) is 23.1 Å². The van der Waals surface area contributed by atoms with E-state index in [-0.39, 0.29) is 18.1 Å². The number of carbonyl (C=O) groups is 2. The molecule has 0 unspecified atom stereocenters. The summed E-state index contributed by atoms with van der Waals surface area (Å²) < 4.78 is 6.19. The van der Waals surface area contributed by atoms with Gasteiger partial charge in [-0.2, -0.15) is 0 Å². The number of anilines is 1. The number of hydrogen-bond acceptors (Lipinski definition) is 5. The molecule has 0 atom stereocenters. The minimum atomic E-state index is -0.0995. The number of ketones is 1. The van der Waals surface area contributed by atoms with Crippen LogP contribution in [0.2, 0.25) is 0 Å². The van der Waals surface area contributed by atoms with Crippen LogP contribution in [0.15, 0.2) is 67.0 Å². The minimum Gasteiger partial charge on any atom is -0.456 e. The number of fused-ring (bicyclic) bond motifs is 2. The average molecular weight is 423 g/mol. The van der Waals surface area contributed by atoms with Gasteiger partial charge in [0.05, 0.1) is 11.9 Å². The van der Waals surface area contributed by atoms with Gasteiger partial charge in [0.2, 0.25) is 5.91 Å². The summed E-state index contributed by atoms with van der Waals surface area (Å²) in [5, 5.41) is 3.55. The van der Waals surface area contributed by atoms with Gasteiger partial charge in [-0.25, -0.2) is 4.98 Å². The van der Waals surface area contributed by atoms with Crippen molar-refractivity contribution in [3.05, 3.63) is 89.2 Å². The van der Waals surface area contributed by atoms with Gasteiger partial charge < -0.3 is 10.1 Å². The van der Waals surface area contributed by atoms with Crippen LogP contribution in [0.1, 0.15) is 22.3 Å². The molecule has 5 rings (SSSR count). The highest BCUT2D eigenvalue weighted by Crippen LogP contribution is 2.36. The summed E-state index contributed by atoms with van der Waals surface area (Å²) in [6.07, 6.45) is 4.25. The SMILES string of the molecule is Cc1cccc(CC(=O)Cc2ccc(Oc3ccnc4c3CC(=O)N4)c3cccnc23)c1. The van der Waals surface area contributed by atoms with Crippen molar-refractivity contribution in [3.63, 3.8) is 0 Å². The van der Waals surface area contributed by atoms with E-state index < -0.39 is 0 Å². The first-order valence-corrected chi connectivity index (χ1v) is 10.5. The molecule has 6 nitrogen and oxygen atoms in total. The molecule has 1 aliphatic rings. The molecule has 2 aromatic heterocycles. The van der Waals surface area contributed by atoms with Crippen LogP contribution in [0.4, 0.5) is 5.82 Å². The first-order chi connectivity index (χ1) is 15.6. The first-order valence-electron chi connectivity index (χ1n) is 10.5. The molecule has 0 radical (unpaired) electrons. The van der Waals surface area contributed by atoms with Crippen molar-refractivity contribution in [2.24, 2.45) is 0 Å². The van der Waals surface area contributed by atoms with Gasteiger partial charge in [-0.3, -0.25) is 14.6 Å². The van der Waals surface area contributed by atoms with Crippen molar-refractivity contribution < 1.29 is 14.3 Å². The molecular weight excluding hydrogens is 402 g/mol. The van der Waals surface area contributed by atoms with E-state index >= 15 is 0 Å². The summed E-state index contributed by atoms with van der Waals surface area (Å²) in [7, 11) is 0. The third-order valence-corrected chi connectivity index (χ3v) is 5.51. The standard InChI is InChI=1S/C26H21N3O3/c1-16-4-2-5-17(12-16)13-19(30)14-18-7-8-22(20-6-3-10-27-25(18)20)32-23-9-11-28-26-21(23)15-24(31)29-26/h2-12H,13-15H2,1H3,(H,28,29,31). The normalized spacial score (nSPS) is 12.5. The predicted molar refractivity (Wildman–Crippen MR) is 122 cm³/mol. The molecule has 1 N–H and O–H groups in total. The van der Waals surface area contributed by atoms with Crippen molar-refractivity contribution in [1.29, 1.82) is 0 Å². The molecule has 1 amide bonds. The first kappa shape index (κ1) is 19.9. The summed E-state index contributed by atoms with van der Waals surface area (Å²) in [4.78, 5) is 33.3. The molecule has 0 aliphatic carbocycles. The number of Topliss-reactive ketones (excluding diaryl/α,β-unsaturated/α-hetero) is 1. The van der Waals surface area contributed by atoms with Gasteiger partial charge in [-0.1, -0.05) is 35.9 Å². The Labute approximate surface area is 185 Å². The van der Waals surface area contributed by atoms with Gasteiger partial charge in [-0.15, -0.1) is 0 Å². The summed E-state index contributed by atoms with van der Waals surface area (Å²) in [5.74, 6) is 1.77. The second kappa shape index (κ2) is 8.23. The fraction of sp³-hybridized carbons (Fsp3) is 0.154. The van der Waals surface area contributed by atoms with Gasteiger partial charge in [0.15, 0.2) is 0 Å². The van der Waals surface area contributed by atoms with Crippen LogP contribution in [0.5, 0.6) is 11.5 Å². The summed E-state index contributed by atoms with van der Waals surface area (Å²) >= 11 is 0. The quantitative estimate of drug-likeness (QED) is 0.491. The van der Waals surface area contributed by atoms with Crippen LogP contribution >= 0.6 is 0 Å². The molecule has 0 saturated heterocycles. The number of carbonyl (C=O) groups excluding carboxylic acids is 2. The largest absolute Gasteiger partial charge is 0.456 e. The van der Waals surface area contributed by atoms with Crippen molar-refractivity contribution >= 4 is 28.4 Å². The molecule has 4 aromatic rings. The van der Waals surface area contributed by atoms with Crippen LogP contribution < -0.4 is 10.1 Å². The number of aryl methyl sites for hydroxylation is 1. The Bertz CT molecular complexity index is 1360. The number of amides is 1. The molecule has 0 spiro atoms. The lowest BCUT2D eigenvalue weighted by Gasteiger charge is -2.13. The van der Waals surface area contributed by atoms with Crippen molar-refractivity contribution in [2.75, 3.05) is 5.32 Å². The van der Waals surface area contributed by atoms with E-state index in [1.165, 1.54) is 0 Å². The van der Waals surface area contributed by atoms with Gasteiger partial charge in [0.25, 0.3) is 0 Å². The maximum atomic E-state index is 12.8. The summed E-state index contributed by atoms with van der Waals surface area (Å²) in [5.41, 5.74) is 4.50. The number of nitrogens with one attached hydrogen (secondary N) is 1. The molecule has 0 bridgehead atoms. The van der Waals surface area contributed by atoms with Crippen LogP contribution in [-0.4, -0.2) is 21.7 Å². The maximum absolute atomic E-state index is 12.8. The summed E-state index contributed by atoms with van der Waals surface area (Å²) in [6, 6.07) is 17.3. The van der Waals surface area contributed by atoms with Gasteiger partial charge >= 0.3 is 0 Å². The zero-order valence-electron chi connectivity index (χ0n) is 17.6. The Morgan fingerprint density at radius 3 is 2.78 bits per heavy atom. The van der Waals surface area contributed by atoms with E-state index in [0.717, 1.165) is 33.2 Å². The van der Waals surface area contributed by atoms with Crippen LogP contribution in [0, 0.1) is 6.92 Å². The number of hydrogen-bond donors (Lipinski definition) is 1. The number of aromatic nitrogens is 2. The van der Waals surface area contributed by atoms with E-state index in [9.17, 15) is 9.59 Å². The zero-order chi connectivity index (χ0) is 22.1. The van der Waals surface area contributed by atoms with Gasteiger partial charge in [-0.05, 0) is 42.3 Å². The highest BCUT2D eigenvalue weighted by molar-refractivity contribution is 5.99. The van der Waals surface area contributed by atoms with E-state index in [2.05, 4.69) is 15.3 Å². The number of ether oxygens (including phenoxy) is 1. The topological polar surface area (TPSA) is 81.2 Å². The molecule has 0 fully saturated rings. The highest BCUT2D eigenvalue weighted by Gasteiger charge is 2.23. The Kier molecular flexibility index (Phi) is 5.11. The van der Waals surface area contributed by atoms with E-state index in [0.29, 0.717) is 30.2 Å².